The predicted octanol–water partition coefficient (Wildman–Crippen LogP) is -1.25. The lowest BCUT2D eigenvalue weighted by Gasteiger charge is -2.30. The van der Waals surface area contributed by atoms with E-state index in [1.54, 1.807) is 33.1 Å². The molecule has 4 heteroatoms. The lowest BCUT2D eigenvalue weighted by molar-refractivity contribution is -0.254. The first-order chi connectivity index (χ1) is 4.36. The largest absolute Gasteiger partial charge is 0.352 e. The fourth-order valence-electron chi connectivity index (χ4n) is 0.566. The van der Waals surface area contributed by atoms with Crippen LogP contribution < -0.4 is 0 Å². The summed E-state index contributed by atoms with van der Waals surface area (Å²) in [5.74, 6) is -1.72. The summed E-state index contributed by atoms with van der Waals surface area (Å²) in [4.78, 5) is 3.06. The molecular formula is C6H16N2O2. The molecule has 0 saturated heterocycles. The Morgan fingerprint density at radius 2 is 1.50 bits per heavy atom. The van der Waals surface area contributed by atoms with Gasteiger partial charge in [-0.2, -0.15) is 0 Å². The Labute approximate surface area is 61.7 Å². The van der Waals surface area contributed by atoms with Crippen LogP contribution >= 0.6 is 0 Å². The molecule has 0 aromatic heterocycles. The van der Waals surface area contributed by atoms with E-state index in [2.05, 4.69) is 0 Å². The van der Waals surface area contributed by atoms with Crippen molar-refractivity contribution in [3.05, 3.63) is 0 Å². The highest BCUT2D eigenvalue weighted by molar-refractivity contribution is 4.63. The average molecular weight is 148 g/mol. The quantitative estimate of drug-likeness (QED) is 0.491. The Bertz CT molecular complexity index is 102. The molecule has 0 aromatic rings. The van der Waals surface area contributed by atoms with Crippen LogP contribution in [-0.4, -0.2) is 60.7 Å². The summed E-state index contributed by atoms with van der Waals surface area (Å²) >= 11 is 0. The topological polar surface area (TPSA) is 46.9 Å². The molecule has 0 unspecified atom stereocenters. The Morgan fingerprint density at radius 1 is 1.10 bits per heavy atom. The van der Waals surface area contributed by atoms with Gasteiger partial charge in [0.05, 0.1) is 6.54 Å². The maximum absolute atomic E-state index is 9.20. The Morgan fingerprint density at radius 3 is 1.60 bits per heavy atom. The molecule has 10 heavy (non-hydrogen) atoms. The van der Waals surface area contributed by atoms with E-state index >= 15 is 0 Å². The van der Waals surface area contributed by atoms with E-state index in [1.807, 2.05) is 0 Å². The molecule has 0 aliphatic heterocycles. The van der Waals surface area contributed by atoms with Crippen molar-refractivity contribution in [2.24, 2.45) is 0 Å². The zero-order valence-corrected chi connectivity index (χ0v) is 7.00. The van der Waals surface area contributed by atoms with Crippen molar-refractivity contribution in [2.75, 3.05) is 34.7 Å². The third kappa shape index (κ3) is 3.12. The maximum Gasteiger partial charge on any atom is 0.237 e. The van der Waals surface area contributed by atoms with E-state index < -0.39 is 5.91 Å². The van der Waals surface area contributed by atoms with Crippen LogP contribution in [0.2, 0.25) is 0 Å². The molecule has 0 amide bonds. The van der Waals surface area contributed by atoms with Gasteiger partial charge in [-0.3, -0.25) is 4.90 Å². The van der Waals surface area contributed by atoms with Crippen molar-refractivity contribution in [3.8, 4) is 0 Å². The van der Waals surface area contributed by atoms with Gasteiger partial charge in [-0.15, -0.1) is 0 Å². The lowest BCUT2D eigenvalue weighted by atomic mass is 10.4. The van der Waals surface area contributed by atoms with Gasteiger partial charge in [-0.05, 0) is 28.2 Å². The van der Waals surface area contributed by atoms with Crippen LogP contribution in [0.3, 0.4) is 0 Å². The maximum atomic E-state index is 9.20. The van der Waals surface area contributed by atoms with Gasteiger partial charge in [0.1, 0.15) is 0 Å². The molecule has 62 valence electrons. The average Bonchev–Trinajstić information content (AvgIpc) is 1.60. The summed E-state index contributed by atoms with van der Waals surface area (Å²) in [6.07, 6.45) is 0. The van der Waals surface area contributed by atoms with Gasteiger partial charge in [0.25, 0.3) is 0 Å². The lowest BCUT2D eigenvalue weighted by Crippen LogP contribution is -2.51. The fourth-order valence-corrected chi connectivity index (χ4v) is 0.566. The van der Waals surface area contributed by atoms with Crippen molar-refractivity contribution >= 4 is 0 Å². The summed E-state index contributed by atoms with van der Waals surface area (Å²) in [7, 11) is 6.79. The molecule has 0 bridgehead atoms. The molecule has 0 heterocycles. The van der Waals surface area contributed by atoms with Gasteiger partial charge in [-0.25, -0.2) is 0 Å². The van der Waals surface area contributed by atoms with Crippen molar-refractivity contribution in [2.45, 2.75) is 5.91 Å². The van der Waals surface area contributed by atoms with Gasteiger partial charge in [-0.1, -0.05) is 0 Å². The highest BCUT2D eigenvalue weighted by atomic mass is 16.5. The molecule has 0 aliphatic rings. The van der Waals surface area contributed by atoms with Crippen LogP contribution in [0.25, 0.3) is 0 Å². The second-order valence-electron chi connectivity index (χ2n) is 2.91. The summed E-state index contributed by atoms with van der Waals surface area (Å²) in [5.41, 5.74) is 0. The first-order valence-electron chi connectivity index (χ1n) is 3.13. The minimum atomic E-state index is -1.72. The molecule has 0 radical (unpaired) electrons. The number of aliphatic hydroxyl groups is 2. The third-order valence-corrected chi connectivity index (χ3v) is 1.24. The summed E-state index contributed by atoms with van der Waals surface area (Å²) in [6.45, 7) is 0.208. The van der Waals surface area contributed by atoms with E-state index in [1.165, 1.54) is 4.90 Å². The van der Waals surface area contributed by atoms with E-state index in [4.69, 9.17) is 0 Å². The van der Waals surface area contributed by atoms with Gasteiger partial charge >= 0.3 is 0 Å². The predicted molar refractivity (Wildman–Crippen MR) is 39.4 cm³/mol. The van der Waals surface area contributed by atoms with Crippen LogP contribution in [0.5, 0.6) is 0 Å². The molecular weight excluding hydrogens is 132 g/mol. The van der Waals surface area contributed by atoms with Crippen molar-refractivity contribution in [3.63, 3.8) is 0 Å². The monoisotopic (exact) mass is 148 g/mol. The van der Waals surface area contributed by atoms with E-state index in [0.717, 1.165) is 0 Å². The van der Waals surface area contributed by atoms with Crippen molar-refractivity contribution in [1.82, 2.24) is 9.80 Å². The second kappa shape index (κ2) is 3.30. The Balaban J connectivity index is 3.87. The zero-order valence-electron chi connectivity index (χ0n) is 7.00. The van der Waals surface area contributed by atoms with Crippen LogP contribution in [0.1, 0.15) is 0 Å². The smallest absolute Gasteiger partial charge is 0.237 e. The molecule has 0 aliphatic carbocycles. The number of nitrogens with zero attached hydrogens (tertiary/aromatic N) is 2. The Kier molecular flexibility index (Phi) is 3.24. The van der Waals surface area contributed by atoms with Gasteiger partial charge < -0.3 is 15.1 Å². The van der Waals surface area contributed by atoms with Gasteiger partial charge in [0.15, 0.2) is 0 Å². The number of rotatable bonds is 3. The van der Waals surface area contributed by atoms with Crippen LogP contribution in [0, 0.1) is 0 Å². The molecule has 0 rings (SSSR count). The Hall–Kier alpha value is -0.160. The standard InChI is InChI=1S/C6H16N2O2/c1-7(2)5-6(9,10)8(3)4/h9-10H,5H2,1-4H3. The third-order valence-electron chi connectivity index (χ3n) is 1.24. The number of hydrogen-bond donors (Lipinski definition) is 2. The SMILES string of the molecule is CN(C)CC(O)(O)N(C)C. The molecule has 0 aromatic carbocycles. The van der Waals surface area contributed by atoms with Crippen LogP contribution in [0.4, 0.5) is 0 Å². The normalized spacial score (nSPS) is 13.2. The highest BCUT2D eigenvalue weighted by Gasteiger charge is 2.26. The number of likely N-dealkylation sites (N-methyl/N-ethyl adjacent to an activating group) is 2. The molecule has 0 atom stereocenters. The summed E-state index contributed by atoms with van der Waals surface area (Å²) < 4.78 is 0. The molecule has 0 fully saturated rings. The fraction of sp³-hybridized carbons (Fsp3) is 1.00. The highest BCUT2D eigenvalue weighted by Crippen LogP contribution is 2.02. The minimum absolute atomic E-state index is 0.208. The van der Waals surface area contributed by atoms with Gasteiger partial charge in [0.2, 0.25) is 5.91 Å². The zero-order chi connectivity index (χ0) is 8.36. The first kappa shape index (κ1) is 9.84. The van der Waals surface area contributed by atoms with Crippen LogP contribution in [0.15, 0.2) is 0 Å². The van der Waals surface area contributed by atoms with E-state index in [9.17, 15) is 10.2 Å². The first-order valence-corrected chi connectivity index (χ1v) is 3.13. The molecule has 0 saturated carbocycles. The van der Waals surface area contributed by atoms with Crippen molar-refractivity contribution in [1.29, 1.82) is 0 Å². The summed E-state index contributed by atoms with van der Waals surface area (Å²) in [6, 6.07) is 0. The van der Waals surface area contributed by atoms with E-state index in [0.29, 0.717) is 0 Å². The summed E-state index contributed by atoms with van der Waals surface area (Å²) in [5, 5.41) is 18.4. The molecule has 4 nitrogen and oxygen atoms in total. The minimum Gasteiger partial charge on any atom is -0.352 e. The van der Waals surface area contributed by atoms with Crippen LogP contribution in [-0.2, 0) is 0 Å². The van der Waals surface area contributed by atoms with Crippen molar-refractivity contribution < 1.29 is 10.2 Å². The number of hydrogen-bond acceptors (Lipinski definition) is 4. The second-order valence-corrected chi connectivity index (χ2v) is 2.91. The molecule has 0 spiro atoms. The molecule has 2 N–H and O–H groups in total. The van der Waals surface area contributed by atoms with Gasteiger partial charge in [0, 0.05) is 0 Å². The van der Waals surface area contributed by atoms with E-state index in [-0.39, 0.29) is 6.54 Å².